The fourth-order valence-corrected chi connectivity index (χ4v) is 0.791. The molecule has 4 nitrogen and oxygen atoms in total. The van der Waals surface area contributed by atoms with E-state index < -0.39 is 12.8 Å². The Labute approximate surface area is 68.3 Å². The molecule has 12 heavy (non-hydrogen) atoms. The largest absolute Gasteiger partial charge is 0.389 e. The Bertz CT molecular complexity index is 299. The second kappa shape index (κ2) is 3.96. The first-order chi connectivity index (χ1) is 5.74. The Balaban J connectivity index is 2.76. The SMILES string of the molecule is O=c1ccncn1CC(O)CF. The molecule has 66 valence electrons. The molecule has 0 aliphatic carbocycles. The van der Waals surface area contributed by atoms with E-state index in [4.69, 9.17) is 5.11 Å². The third kappa shape index (κ3) is 2.13. The summed E-state index contributed by atoms with van der Waals surface area (Å²) in [6.45, 7) is -0.912. The molecule has 5 heteroatoms. The van der Waals surface area contributed by atoms with E-state index in [1.54, 1.807) is 0 Å². The molecular formula is C7H9FN2O2. The van der Waals surface area contributed by atoms with Crippen molar-refractivity contribution in [2.24, 2.45) is 0 Å². The Hall–Kier alpha value is -1.23. The first kappa shape index (κ1) is 8.86. The summed E-state index contributed by atoms with van der Waals surface area (Å²) in [5, 5.41) is 8.87. The Morgan fingerprint density at radius 2 is 2.50 bits per heavy atom. The topological polar surface area (TPSA) is 55.1 Å². The van der Waals surface area contributed by atoms with Crippen molar-refractivity contribution in [3.05, 3.63) is 28.9 Å². The standard InChI is InChI=1S/C7H9FN2O2/c8-3-6(11)4-10-5-9-2-1-7(10)12/h1-2,5-6,11H,3-4H2. The lowest BCUT2D eigenvalue weighted by molar-refractivity contribution is 0.120. The summed E-state index contributed by atoms with van der Waals surface area (Å²) in [5.74, 6) is 0. The Morgan fingerprint density at radius 3 is 3.08 bits per heavy atom. The van der Waals surface area contributed by atoms with Crippen molar-refractivity contribution in [1.82, 2.24) is 9.55 Å². The molecule has 1 N–H and O–H groups in total. The number of halogens is 1. The molecule has 0 aliphatic rings. The highest BCUT2D eigenvalue weighted by Gasteiger charge is 2.04. The number of alkyl halides is 1. The van der Waals surface area contributed by atoms with E-state index in [0.717, 1.165) is 4.57 Å². The zero-order chi connectivity index (χ0) is 8.97. The smallest absolute Gasteiger partial charge is 0.253 e. The van der Waals surface area contributed by atoms with Gasteiger partial charge in [0, 0.05) is 12.3 Å². The molecule has 1 aromatic rings. The van der Waals surface area contributed by atoms with Gasteiger partial charge in [0.2, 0.25) is 0 Å². The summed E-state index contributed by atoms with van der Waals surface area (Å²) in [6, 6.07) is 1.25. The highest BCUT2D eigenvalue weighted by atomic mass is 19.1. The molecule has 0 spiro atoms. The monoisotopic (exact) mass is 172 g/mol. The van der Waals surface area contributed by atoms with Crippen molar-refractivity contribution >= 4 is 0 Å². The van der Waals surface area contributed by atoms with Gasteiger partial charge >= 0.3 is 0 Å². The van der Waals surface area contributed by atoms with Gasteiger partial charge in [-0.15, -0.1) is 0 Å². The third-order valence-electron chi connectivity index (χ3n) is 1.38. The highest BCUT2D eigenvalue weighted by Crippen LogP contribution is 1.88. The molecule has 0 bridgehead atoms. The van der Waals surface area contributed by atoms with Crippen LogP contribution in [0.1, 0.15) is 0 Å². The molecule has 0 fully saturated rings. The second-order valence-corrected chi connectivity index (χ2v) is 2.38. The van der Waals surface area contributed by atoms with Crippen LogP contribution in [-0.4, -0.2) is 27.4 Å². The van der Waals surface area contributed by atoms with Crippen molar-refractivity contribution in [1.29, 1.82) is 0 Å². The summed E-state index contributed by atoms with van der Waals surface area (Å²) < 4.78 is 13.0. The van der Waals surface area contributed by atoms with Crippen molar-refractivity contribution in [3.8, 4) is 0 Å². The van der Waals surface area contributed by atoms with Crippen LogP contribution in [-0.2, 0) is 6.54 Å². The number of hydrogen-bond donors (Lipinski definition) is 1. The number of hydrogen-bond acceptors (Lipinski definition) is 3. The predicted octanol–water partition coefficient (Wildman–Crippen LogP) is -0.426. The van der Waals surface area contributed by atoms with Crippen LogP contribution < -0.4 is 5.56 Å². The summed E-state index contributed by atoms with van der Waals surface area (Å²) in [6.07, 6.45) is 1.48. The van der Waals surface area contributed by atoms with Crippen molar-refractivity contribution in [3.63, 3.8) is 0 Å². The van der Waals surface area contributed by atoms with Gasteiger partial charge in [0.15, 0.2) is 0 Å². The second-order valence-electron chi connectivity index (χ2n) is 2.38. The maximum absolute atomic E-state index is 11.8. The minimum atomic E-state index is -1.13. The zero-order valence-electron chi connectivity index (χ0n) is 6.35. The van der Waals surface area contributed by atoms with Crippen molar-refractivity contribution < 1.29 is 9.50 Å². The summed E-state index contributed by atoms with van der Waals surface area (Å²) in [7, 11) is 0. The number of nitrogens with zero attached hydrogens (tertiary/aromatic N) is 2. The molecule has 0 aromatic carbocycles. The van der Waals surface area contributed by atoms with E-state index in [2.05, 4.69) is 4.98 Å². The zero-order valence-corrected chi connectivity index (χ0v) is 6.35. The van der Waals surface area contributed by atoms with Gasteiger partial charge in [-0.05, 0) is 0 Å². The number of aliphatic hydroxyl groups is 1. The van der Waals surface area contributed by atoms with Crippen molar-refractivity contribution in [2.75, 3.05) is 6.67 Å². The fourth-order valence-electron chi connectivity index (χ4n) is 0.791. The van der Waals surface area contributed by atoms with Gasteiger partial charge in [-0.25, -0.2) is 9.37 Å². The maximum Gasteiger partial charge on any atom is 0.253 e. The van der Waals surface area contributed by atoms with E-state index >= 15 is 0 Å². The number of aliphatic hydroxyl groups excluding tert-OH is 1. The molecule has 0 aliphatic heterocycles. The lowest BCUT2D eigenvalue weighted by Crippen LogP contribution is -2.26. The Morgan fingerprint density at radius 1 is 1.75 bits per heavy atom. The number of aromatic nitrogens is 2. The average molecular weight is 172 g/mol. The van der Waals surface area contributed by atoms with E-state index in [1.165, 1.54) is 18.6 Å². The molecule has 1 atom stereocenters. The lowest BCUT2D eigenvalue weighted by Gasteiger charge is -2.06. The summed E-state index contributed by atoms with van der Waals surface area (Å²) in [5.41, 5.74) is -0.294. The third-order valence-corrected chi connectivity index (χ3v) is 1.38. The number of rotatable bonds is 3. The first-order valence-electron chi connectivity index (χ1n) is 3.48. The van der Waals surface area contributed by atoms with E-state index in [-0.39, 0.29) is 12.1 Å². The quantitative estimate of drug-likeness (QED) is 0.673. The van der Waals surface area contributed by atoms with Gasteiger partial charge in [0.1, 0.15) is 12.8 Å². The summed E-state index contributed by atoms with van der Waals surface area (Å²) >= 11 is 0. The first-order valence-corrected chi connectivity index (χ1v) is 3.48. The van der Waals surface area contributed by atoms with E-state index in [9.17, 15) is 9.18 Å². The van der Waals surface area contributed by atoms with Crippen LogP contribution in [0.15, 0.2) is 23.4 Å². The molecule has 0 saturated carbocycles. The van der Waals surface area contributed by atoms with Crippen LogP contribution in [0.2, 0.25) is 0 Å². The normalized spacial score (nSPS) is 12.8. The van der Waals surface area contributed by atoms with Crippen LogP contribution in [0.4, 0.5) is 4.39 Å². The molecule has 0 saturated heterocycles. The van der Waals surface area contributed by atoms with Gasteiger partial charge in [0.05, 0.1) is 12.9 Å². The molecule has 0 amide bonds. The van der Waals surface area contributed by atoms with Crippen LogP contribution in [0, 0.1) is 0 Å². The minimum absolute atomic E-state index is 0.0524. The predicted molar refractivity (Wildman–Crippen MR) is 40.5 cm³/mol. The van der Waals surface area contributed by atoms with Gasteiger partial charge in [0.25, 0.3) is 5.56 Å². The minimum Gasteiger partial charge on any atom is -0.389 e. The van der Waals surface area contributed by atoms with E-state index in [0.29, 0.717) is 0 Å². The van der Waals surface area contributed by atoms with Crippen molar-refractivity contribution in [2.45, 2.75) is 12.6 Å². The van der Waals surface area contributed by atoms with Crippen LogP contribution in [0.5, 0.6) is 0 Å². The maximum atomic E-state index is 11.8. The van der Waals surface area contributed by atoms with Crippen LogP contribution >= 0.6 is 0 Å². The molecular weight excluding hydrogens is 163 g/mol. The molecule has 0 radical (unpaired) electrons. The fraction of sp³-hybridized carbons (Fsp3) is 0.429. The Kier molecular flexibility index (Phi) is 2.93. The van der Waals surface area contributed by atoms with Gasteiger partial charge in [-0.2, -0.15) is 0 Å². The molecule has 1 rings (SSSR count). The van der Waals surface area contributed by atoms with Gasteiger partial charge < -0.3 is 5.11 Å². The van der Waals surface area contributed by atoms with Crippen LogP contribution in [0.3, 0.4) is 0 Å². The van der Waals surface area contributed by atoms with E-state index in [1.807, 2.05) is 0 Å². The van der Waals surface area contributed by atoms with Gasteiger partial charge in [-0.1, -0.05) is 0 Å². The average Bonchev–Trinajstić information content (AvgIpc) is 2.09. The molecule has 1 aromatic heterocycles. The van der Waals surface area contributed by atoms with Gasteiger partial charge in [-0.3, -0.25) is 9.36 Å². The molecule has 1 heterocycles. The highest BCUT2D eigenvalue weighted by molar-refractivity contribution is 4.82. The summed E-state index contributed by atoms with van der Waals surface area (Å²) in [4.78, 5) is 14.6. The molecule has 1 unspecified atom stereocenters. The van der Waals surface area contributed by atoms with Crippen LogP contribution in [0.25, 0.3) is 0 Å². The lowest BCUT2D eigenvalue weighted by atomic mass is 10.4.